The molecule has 14 heteroatoms. The van der Waals surface area contributed by atoms with Crippen molar-refractivity contribution in [3.63, 3.8) is 0 Å². The number of nitrogens with zero attached hydrogens (tertiary/aromatic N) is 4. The number of methoxy groups -OCH3 is 3. The van der Waals surface area contributed by atoms with Gasteiger partial charge in [0.25, 0.3) is 5.91 Å². The van der Waals surface area contributed by atoms with E-state index < -0.39 is 42.2 Å². The van der Waals surface area contributed by atoms with Gasteiger partial charge in [-0.15, -0.1) is 0 Å². The summed E-state index contributed by atoms with van der Waals surface area (Å²) in [5.74, 6) is -0.461. The number of hydrogen-bond acceptors (Lipinski definition) is 8. The van der Waals surface area contributed by atoms with Crippen molar-refractivity contribution in [3.8, 4) is 17.2 Å². The van der Waals surface area contributed by atoms with Gasteiger partial charge in [-0.3, -0.25) is 28.3 Å². The van der Waals surface area contributed by atoms with Gasteiger partial charge in [-0.25, -0.2) is 4.79 Å². The molecule has 6 aromatic rings. The summed E-state index contributed by atoms with van der Waals surface area (Å²) < 4.78 is 18.6. The molecule has 1 fully saturated rings. The minimum absolute atomic E-state index is 0.192. The van der Waals surface area contributed by atoms with Crippen LogP contribution in [0.4, 0.5) is 11.4 Å². The third kappa shape index (κ3) is 8.83. The molecule has 7 rings (SSSR count). The van der Waals surface area contributed by atoms with Crippen LogP contribution in [0.2, 0.25) is 0 Å². The number of benzene rings is 5. The summed E-state index contributed by atoms with van der Waals surface area (Å²) in [5, 5.41) is 5.89. The number of carbonyl (C=O) groups excluding carboxylic acids is 4. The molecule has 0 aliphatic heterocycles. The van der Waals surface area contributed by atoms with E-state index in [0.717, 1.165) is 11.1 Å². The Kier molecular flexibility index (Phi) is 12.2. The molecule has 0 spiro atoms. The van der Waals surface area contributed by atoms with E-state index in [4.69, 9.17) is 14.2 Å². The average Bonchev–Trinajstić information content (AvgIpc) is 3.97. The zero-order valence-corrected chi connectivity index (χ0v) is 34.7. The van der Waals surface area contributed by atoms with Crippen LogP contribution < -0.4 is 40.3 Å². The highest BCUT2D eigenvalue weighted by Crippen LogP contribution is 2.53. The predicted molar refractivity (Wildman–Crippen MR) is 232 cm³/mol. The van der Waals surface area contributed by atoms with Gasteiger partial charge < -0.3 is 34.6 Å². The summed E-state index contributed by atoms with van der Waals surface area (Å²) in [6.07, 6.45) is 0.543. The quantitative estimate of drug-likeness (QED) is 0.140. The molecular formula is C47H48N6O8. The Balaban J connectivity index is 1.15. The van der Waals surface area contributed by atoms with E-state index >= 15 is 0 Å². The van der Waals surface area contributed by atoms with Gasteiger partial charge in [-0.1, -0.05) is 60.7 Å². The molecule has 1 saturated carbocycles. The molecule has 0 bridgehead atoms. The number of fused-ring (bicyclic) bond motifs is 1. The largest absolute Gasteiger partial charge is 0.497 e. The molecule has 1 aliphatic carbocycles. The monoisotopic (exact) mass is 824 g/mol. The van der Waals surface area contributed by atoms with Crippen LogP contribution in [-0.4, -0.2) is 79.8 Å². The number of carbonyl (C=O) groups is 4. The zero-order valence-electron chi connectivity index (χ0n) is 34.7. The van der Waals surface area contributed by atoms with Crippen molar-refractivity contribution in [1.82, 2.24) is 19.8 Å². The Morgan fingerprint density at radius 1 is 0.672 bits per heavy atom. The second-order valence-corrected chi connectivity index (χ2v) is 15.0. The number of hydrogen-bond donors (Lipinski definition) is 2. The molecule has 61 heavy (non-hydrogen) atoms. The van der Waals surface area contributed by atoms with Crippen molar-refractivity contribution < 1.29 is 33.4 Å². The summed E-state index contributed by atoms with van der Waals surface area (Å²) in [4.78, 5) is 73.8. The first kappa shape index (κ1) is 41.8. The zero-order chi connectivity index (χ0) is 43.3. The number of amides is 4. The van der Waals surface area contributed by atoms with Crippen molar-refractivity contribution in [2.75, 3.05) is 45.2 Å². The van der Waals surface area contributed by atoms with Crippen molar-refractivity contribution in [1.29, 1.82) is 0 Å². The lowest BCUT2D eigenvalue weighted by molar-refractivity contribution is -0.128. The van der Waals surface area contributed by atoms with Crippen LogP contribution in [0.15, 0.2) is 132 Å². The standard InChI is InChI=1S/C47H48N6O8/c1-50(33-16-20-35(59-3)21-17-33)44(56)39(26-31-12-8-6-9-13-31)48-42(54)29-52-40-25-24-37(61-5)27-41(40)53(46(52)58)30-43(55)49-47(28-38(47)32-14-10-7-11-15-32)45(57)51(2)34-18-22-36(60-4)23-19-34/h6-25,27,38-39H,26,28-30H2,1-5H3,(H,48,54)(H,49,55)/t38?,39-,47?/m0/s1. The molecule has 314 valence electrons. The fraction of sp³-hybridized carbons (Fsp3) is 0.255. The normalized spacial score (nSPS) is 15.9. The third-order valence-corrected chi connectivity index (χ3v) is 11.2. The molecule has 1 aromatic heterocycles. The molecule has 0 radical (unpaired) electrons. The number of anilines is 2. The molecule has 14 nitrogen and oxygen atoms in total. The van der Waals surface area contributed by atoms with E-state index in [0.29, 0.717) is 46.1 Å². The van der Waals surface area contributed by atoms with Gasteiger partial charge in [-0.05, 0) is 78.2 Å². The number of likely N-dealkylation sites (N-methyl/N-ethyl adjacent to an activating group) is 2. The Bertz CT molecular complexity index is 2590. The van der Waals surface area contributed by atoms with E-state index in [1.165, 1.54) is 26.0 Å². The van der Waals surface area contributed by atoms with Gasteiger partial charge in [0.1, 0.15) is 41.9 Å². The van der Waals surface area contributed by atoms with E-state index in [9.17, 15) is 24.0 Å². The number of imidazole rings is 1. The first-order chi connectivity index (χ1) is 29.5. The first-order valence-corrected chi connectivity index (χ1v) is 19.8. The summed E-state index contributed by atoms with van der Waals surface area (Å²) >= 11 is 0. The Labute approximate surface area is 353 Å². The van der Waals surface area contributed by atoms with Crippen LogP contribution in [0.3, 0.4) is 0 Å². The van der Waals surface area contributed by atoms with Gasteiger partial charge in [0.2, 0.25) is 17.7 Å². The second kappa shape index (κ2) is 17.9. The minimum atomic E-state index is -1.29. The summed E-state index contributed by atoms with van der Waals surface area (Å²) in [5.41, 5.74) is 1.72. The molecule has 2 N–H and O–H groups in total. The van der Waals surface area contributed by atoms with Crippen molar-refractivity contribution in [3.05, 3.63) is 149 Å². The van der Waals surface area contributed by atoms with Crippen LogP contribution in [0, 0.1) is 0 Å². The molecule has 1 heterocycles. The maximum atomic E-state index is 14.4. The lowest BCUT2D eigenvalue weighted by atomic mass is 10.0. The summed E-state index contributed by atoms with van der Waals surface area (Å²) in [7, 11) is 7.89. The van der Waals surface area contributed by atoms with E-state index in [2.05, 4.69) is 10.6 Å². The Hall–Kier alpha value is -7.35. The molecule has 2 unspecified atom stereocenters. The van der Waals surface area contributed by atoms with Gasteiger partial charge in [0.15, 0.2) is 0 Å². The highest BCUT2D eigenvalue weighted by atomic mass is 16.5. The van der Waals surface area contributed by atoms with Gasteiger partial charge in [0, 0.05) is 43.9 Å². The highest BCUT2D eigenvalue weighted by Gasteiger charge is 2.62. The smallest absolute Gasteiger partial charge is 0.330 e. The van der Waals surface area contributed by atoms with E-state index in [-0.39, 0.29) is 24.2 Å². The van der Waals surface area contributed by atoms with Crippen LogP contribution in [-0.2, 0) is 38.7 Å². The molecule has 3 atom stereocenters. The number of rotatable bonds is 16. The highest BCUT2D eigenvalue weighted by molar-refractivity contribution is 6.05. The van der Waals surface area contributed by atoms with Crippen LogP contribution in [0.5, 0.6) is 17.2 Å². The third-order valence-electron chi connectivity index (χ3n) is 11.2. The van der Waals surface area contributed by atoms with E-state index in [1.54, 1.807) is 95.0 Å². The molecule has 4 amide bonds. The van der Waals surface area contributed by atoms with E-state index in [1.807, 2.05) is 60.7 Å². The predicted octanol–water partition coefficient (Wildman–Crippen LogP) is 4.92. The van der Waals surface area contributed by atoms with Gasteiger partial charge in [-0.2, -0.15) is 0 Å². The van der Waals surface area contributed by atoms with Gasteiger partial charge >= 0.3 is 5.69 Å². The van der Waals surface area contributed by atoms with Crippen molar-refractivity contribution in [2.45, 2.75) is 43.4 Å². The van der Waals surface area contributed by atoms with Gasteiger partial charge in [0.05, 0.1) is 32.4 Å². The minimum Gasteiger partial charge on any atom is -0.497 e. The maximum Gasteiger partial charge on any atom is 0.330 e. The molecule has 1 aliphatic rings. The van der Waals surface area contributed by atoms with Crippen LogP contribution in [0.25, 0.3) is 11.0 Å². The topological polar surface area (TPSA) is 153 Å². The maximum absolute atomic E-state index is 14.4. The second-order valence-electron chi connectivity index (χ2n) is 15.0. The van der Waals surface area contributed by atoms with Crippen LogP contribution >= 0.6 is 0 Å². The summed E-state index contributed by atoms with van der Waals surface area (Å²) in [6, 6.07) is 36.8. The Morgan fingerprint density at radius 3 is 1.79 bits per heavy atom. The lowest BCUT2D eigenvalue weighted by Crippen LogP contribution is -2.52. The fourth-order valence-corrected chi connectivity index (χ4v) is 7.77. The number of nitrogens with one attached hydrogen (secondary N) is 2. The molecule has 5 aromatic carbocycles. The SMILES string of the molecule is COc1ccc(N(C)C(=O)[C@H](Cc2ccccc2)NC(=O)Cn2c(=O)n(CC(=O)NC3(C(=O)N(C)c4ccc(OC)cc4)CC3c3ccccc3)c3cc(OC)ccc32)cc1. The molecule has 0 saturated heterocycles. The van der Waals surface area contributed by atoms with Crippen molar-refractivity contribution in [2.24, 2.45) is 0 Å². The Morgan fingerprint density at radius 2 is 1.20 bits per heavy atom. The van der Waals surface area contributed by atoms with Crippen LogP contribution in [0.1, 0.15) is 23.5 Å². The first-order valence-electron chi connectivity index (χ1n) is 19.8. The number of aromatic nitrogens is 2. The fourth-order valence-electron chi connectivity index (χ4n) is 7.77. The molecular weight excluding hydrogens is 777 g/mol. The summed E-state index contributed by atoms with van der Waals surface area (Å²) in [6.45, 7) is -0.909. The lowest BCUT2D eigenvalue weighted by Gasteiger charge is -2.26. The number of ether oxygens (including phenoxy) is 3. The average molecular weight is 825 g/mol. The van der Waals surface area contributed by atoms with Crippen molar-refractivity contribution >= 4 is 46.0 Å².